The summed E-state index contributed by atoms with van der Waals surface area (Å²) in [6.07, 6.45) is 2.03. The average Bonchev–Trinajstić information content (AvgIpc) is 2.95. The first-order valence-electron chi connectivity index (χ1n) is 5.44. The molecule has 1 aliphatic rings. The number of anilines is 1. The standard InChI is InChI=1S/C10H11ClN4OS/c11-10-13-8(7-9(14-10)17-5-12-7)15-3-1-2-6(15)4-16/h5-6,16H,1-4H2/t6-/m1/s1. The number of fused-ring (bicyclic) bond motifs is 1. The molecule has 7 heteroatoms. The Morgan fingerprint density at radius 2 is 2.41 bits per heavy atom. The number of aromatic nitrogens is 3. The highest BCUT2D eigenvalue weighted by Crippen LogP contribution is 2.31. The van der Waals surface area contributed by atoms with Crippen LogP contribution >= 0.6 is 22.9 Å². The molecule has 0 aromatic carbocycles. The second kappa shape index (κ2) is 4.36. The first-order valence-corrected chi connectivity index (χ1v) is 6.69. The summed E-state index contributed by atoms with van der Waals surface area (Å²) in [5.74, 6) is 0.748. The highest BCUT2D eigenvalue weighted by molar-refractivity contribution is 7.16. The van der Waals surface area contributed by atoms with Crippen molar-refractivity contribution in [1.82, 2.24) is 15.0 Å². The van der Waals surface area contributed by atoms with E-state index in [1.54, 1.807) is 5.51 Å². The summed E-state index contributed by atoms with van der Waals surface area (Å²) >= 11 is 7.37. The number of rotatable bonds is 2. The van der Waals surface area contributed by atoms with Crippen LogP contribution in [0.4, 0.5) is 5.82 Å². The highest BCUT2D eigenvalue weighted by atomic mass is 35.5. The summed E-state index contributed by atoms with van der Waals surface area (Å²) < 4.78 is 0. The van der Waals surface area contributed by atoms with Crippen molar-refractivity contribution in [1.29, 1.82) is 0 Å². The van der Waals surface area contributed by atoms with Gasteiger partial charge in [-0.05, 0) is 24.4 Å². The minimum atomic E-state index is 0.117. The molecule has 3 rings (SSSR count). The Kier molecular flexibility index (Phi) is 2.85. The maximum atomic E-state index is 9.35. The lowest BCUT2D eigenvalue weighted by atomic mass is 10.2. The maximum Gasteiger partial charge on any atom is 0.225 e. The molecule has 90 valence electrons. The molecule has 1 atom stereocenters. The van der Waals surface area contributed by atoms with E-state index in [4.69, 9.17) is 11.6 Å². The van der Waals surface area contributed by atoms with E-state index in [0.29, 0.717) is 0 Å². The van der Waals surface area contributed by atoms with E-state index in [-0.39, 0.29) is 17.9 Å². The monoisotopic (exact) mass is 270 g/mol. The van der Waals surface area contributed by atoms with Gasteiger partial charge in [0.1, 0.15) is 5.52 Å². The van der Waals surface area contributed by atoms with Gasteiger partial charge < -0.3 is 10.0 Å². The molecule has 0 bridgehead atoms. The molecule has 1 fully saturated rings. The molecule has 0 spiro atoms. The third-order valence-electron chi connectivity index (χ3n) is 3.01. The van der Waals surface area contributed by atoms with Crippen molar-refractivity contribution in [3.8, 4) is 0 Å². The molecule has 0 amide bonds. The van der Waals surface area contributed by atoms with Crippen molar-refractivity contribution < 1.29 is 5.11 Å². The van der Waals surface area contributed by atoms with E-state index >= 15 is 0 Å². The third-order valence-corrected chi connectivity index (χ3v) is 3.90. The van der Waals surface area contributed by atoms with Crippen molar-refractivity contribution >= 4 is 39.1 Å². The fraction of sp³-hybridized carbons (Fsp3) is 0.500. The van der Waals surface area contributed by atoms with Crippen LogP contribution in [-0.4, -0.2) is 39.3 Å². The van der Waals surface area contributed by atoms with Crippen LogP contribution in [0.5, 0.6) is 0 Å². The minimum Gasteiger partial charge on any atom is -0.394 e. The van der Waals surface area contributed by atoms with E-state index in [1.807, 2.05) is 0 Å². The largest absolute Gasteiger partial charge is 0.394 e. The van der Waals surface area contributed by atoms with Gasteiger partial charge in [-0.15, -0.1) is 11.3 Å². The van der Waals surface area contributed by atoms with Gasteiger partial charge in [0.25, 0.3) is 0 Å². The first kappa shape index (κ1) is 11.1. The second-order valence-corrected chi connectivity index (χ2v) is 5.17. The summed E-state index contributed by atoms with van der Waals surface area (Å²) in [6, 6.07) is 0.117. The lowest BCUT2D eigenvalue weighted by Gasteiger charge is -2.24. The van der Waals surface area contributed by atoms with Crippen LogP contribution in [0.1, 0.15) is 12.8 Å². The summed E-state index contributed by atoms with van der Waals surface area (Å²) in [7, 11) is 0. The molecular weight excluding hydrogens is 260 g/mol. The fourth-order valence-corrected chi connectivity index (χ4v) is 3.09. The summed E-state index contributed by atoms with van der Waals surface area (Å²) in [6.45, 7) is 1.01. The molecule has 1 N–H and O–H groups in total. The zero-order chi connectivity index (χ0) is 11.8. The molecule has 2 aromatic heterocycles. The topological polar surface area (TPSA) is 62.1 Å². The van der Waals surface area contributed by atoms with Gasteiger partial charge >= 0.3 is 0 Å². The SMILES string of the molecule is OC[C@H]1CCCN1c1nc(Cl)nc2scnc12. The number of thiazole rings is 1. The molecule has 0 aliphatic carbocycles. The van der Waals surface area contributed by atoms with Crippen LogP contribution in [0.25, 0.3) is 10.3 Å². The lowest BCUT2D eigenvalue weighted by Crippen LogP contribution is -2.33. The van der Waals surface area contributed by atoms with Crippen LogP contribution in [-0.2, 0) is 0 Å². The van der Waals surface area contributed by atoms with E-state index in [0.717, 1.165) is 35.6 Å². The van der Waals surface area contributed by atoms with Crippen LogP contribution in [0, 0.1) is 0 Å². The maximum absolute atomic E-state index is 9.35. The van der Waals surface area contributed by atoms with E-state index in [1.165, 1.54) is 11.3 Å². The van der Waals surface area contributed by atoms with Crippen molar-refractivity contribution in [2.24, 2.45) is 0 Å². The van der Waals surface area contributed by atoms with E-state index in [9.17, 15) is 5.11 Å². The molecular formula is C10H11ClN4OS. The molecule has 3 heterocycles. The van der Waals surface area contributed by atoms with Gasteiger partial charge in [0, 0.05) is 6.54 Å². The Hall–Kier alpha value is -0.980. The van der Waals surface area contributed by atoms with Crippen LogP contribution < -0.4 is 4.90 Å². The van der Waals surface area contributed by atoms with Crippen molar-refractivity contribution in [2.75, 3.05) is 18.1 Å². The molecule has 1 saturated heterocycles. The predicted molar refractivity (Wildman–Crippen MR) is 67.7 cm³/mol. The Morgan fingerprint density at radius 3 is 3.24 bits per heavy atom. The second-order valence-electron chi connectivity index (χ2n) is 3.99. The molecule has 17 heavy (non-hydrogen) atoms. The number of aliphatic hydroxyl groups is 1. The Labute approximate surface area is 107 Å². The van der Waals surface area contributed by atoms with Crippen LogP contribution in [0.2, 0.25) is 5.28 Å². The lowest BCUT2D eigenvalue weighted by molar-refractivity contribution is 0.266. The minimum absolute atomic E-state index is 0.117. The summed E-state index contributed by atoms with van der Waals surface area (Å²) in [4.78, 5) is 15.6. The number of hydrogen-bond donors (Lipinski definition) is 1. The highest BCUT2D eigenvalue weighted by Gasteiger charge is 2.27. The predicted octanol–water partition coefficient (Wildman–Crippen LogP) is 1.70. The van der Waals surface area contributed by atoms with Gasteiger partial charge in [-0.25, -0.2) is 9.97 Å². The molecule has 0 radical (unpaired) electrons. The molecule has 0 unspecified atom stereocenters. The fourth-order valence-electron chi connectivity index (χ4n) is 2.23. The van der Waals surface area contributed by atoms with Gasteiger partial charge in [-0.3, -0.25) is 0 Å². The van der Waals surface area contributed by atoms with Gasteiger partial charge in [0.05, 0.1) is 18.2 Å². The number of hydrogen-bond acceptors (Lipinski definition) is 6. The van der Waals surface area contributed by atoms with Crippen molar-refractivity contribution in [3.05, 3.63) is 10.8 Å². The third kappa shape index (κ3) is 1.86. The van der Waals surface area contributed by atoms with Crippen molar-refractivity contribution in [2.45, 2.75) is 18.9 Å². The zero-order valence-electron chi connectivity index (χ0n) is 9.01. The molecule has 0 saturated carbocycles. The molecule has 2 aromatic rings. The number of nitrogens with zero attached hydrogens (tertiary/aromatic N) is 4. The molecule has 5 nitrogen and oxygen atoms in total. The average molecular weight is 271 g/mol. The Bertz CT molecular complexity index is 546. The van der Waals surface area contributed by atoms with Crippen LogP contribution in [0.15, 0.2) is 5.51 Å². The van der Waals surface area contributed by atoms with Gasteiger partial charge in [-0.1, -0.05) is 0 Å². The quantitative estimate of drug-likeness (QED) is 0.842. The van der Waals surface area contributed by atoms with E-state index < -0.39 is 0 Å². The van der Waals surface area contributed by atoms with Gasteiger partial charge in [-0.2, -0.15) is 4.98 Å². The summed E-state index contributed by atoms with van der Waals surface area (Å²) in [5.41, 5.74) is 2.52. The van der Waals surface area contributed by atoms with E-state index in [2.05, 4.69) is 19.9 Å². The number of halogens is 1. The Balaban J connectivity index is 2.12. The molecule has 1 aliphatic heterocycles. The van der Waals surface area contributed by atoms with Crippen molar-refractivity contribution in [3.63, 3.8) is 0 Å². The zero-order valence-corrected chi connectivity index (χ0v) is 10.6. The Morgan fingerprint density at radius 1 is 1.53 bits per heavy atom. The summed E-state index contributed by atoms with van der Waals surface area (Å²) in [5, 5.41) is 9.59. The van der Waals surface area contributed by atoms with Gasteiger partial charge in [0.15, 0.2) is 10.6 Å². The first-order chi connectivity index (χ1) is 8.29. The smallest absolute Gasteiger partial charge is 0.225 e. The van der Waals surface area contributed by atoms with Gasteiger partial charge in [0.2, 0.25) is 5.28 Å². The normalized spacial score (nSPS) is 20.4. The van der Waals surface area contributed by atoms with Crippen LogP contribution in [0.3, 0.4) is 0 Å². The number of aliphatic hydroxyl groups excluding tert-OH is 1.